The second-order valence-corrected chi connectivity index (χ2v) is 8.39. The van der Waals surface area contributed by atoms with Gasteiger partial charge in [0.25, 0.3) is 0 Å². The van der Waals surface area contributed by atoms with Crippen LogP contribution in [-0.4, -0.2) is 30.5 Å². The summed E-state index contributed by atoms with van der Waals surface area (Å²) in [6.45, 7) is 3.91. The molecule has 0 spiro atoms. The Labute approximate surface area is 158 Å². The van der Waals surface area contributed by atoms with Crippen molar-refractivity contribution in [1.29, 1.82) is 0 Å². The molecule has 1 fully saturated rings. The number of aliphatic hydroxyl groups is 1. The largest absolute Gasteiger partial charge is 0.394 e. The normalized spacial score (nSPS) is 28.6. The molecule has 144 valence electrons. The summed E-state index contributed by atoms with van der Waals surface area (Å²) < 4.78 is 5.85. The first-order chi connectivity index (χ1) is 12.6. The second kappa shape index (κ2) is 9.16. The molecule has 1 aromatic rings. The minimum atomic E-state index is -0.366. The minimum Gasteiger partial charge on any atom is -0.394 e. The number of aliphatic hydroxyl groups excluding tert-OH is 1. The molecule has 2 aliphatic rings. The van der Waals surface area contributed by atoms with Crippen molar-refractivity contribution in [3.05, 3.63) is 47.0 Å². The van der Waals surface area contributed by atoms with E-state index in [0.717, 1.165) is 51.7 Å². The molecule has 26 heavy (non-hydrogen) atoms. The van der Waals surface area contributed by atoms with Gasteiger partial charge in [-0.05, 0) is 73.5 Å². The first-order valence-corrected chi connectivity index (χ1v) is 10.4. The highest BCUT2D eigenvalue weighted by Crippen LogP contribution is 2.40. The Balaban J connectivity index is 1.51. The lowest BCUT2D eigenvalue weighted by Gasteiger charge is -2.26. The first-order valence-electron chi connectivity index (χ1n) is 10.4. The highest BCUT2D eigenvalue weighted by Gasteiger charge is 2.36. The predicted molar refractivity (Wildman–Crippen MR) is 107 cm³/mol. The van der Waals surface area contributed by atoms with Crippen LogP contribution in [0.4, 0.5) is 0 Å². The number of aryl methyl sites for hydroxylation is 1. The number of rotatable bonds is 8. The third kappa shape index (κ3) is 4.97. The number of benzene rings is 1. The fraction of sp³-hybridized carbons (Fsp3) is 0.652. The van der Waals surface area contributed by atoms with E-state index in [0.29, 0.717) is 11.8 Å². The highest BCUT2D eigenvalue weighted by atomic mass is 16.5. The van der Waals surface area contributed by atoms with E-state index in [2.05, 4.69) is 37.3 Å². The van der Waals surface area contributed by atoms with Gasteiger partial charge in [-0.1, -0.05) is 43.7 Å². The number of fused-ring (bicyclic) bond motifs is 1. The zero-order valence-corrected chi connectivity index (χ0v) is 16.3. The van der Waals surface area contributed by atoms with E-state index in [1.165, 1.54) is 29.5 Å². The van der Waals surface area contributed by atoms with Gasteiger partial charge in [-0.25, -0.2) is 0 Å². The Bertz CT molecular complexity index is 612. The van der Waals surface area contributed by atoms with Crippen LogP contribution in [0.25, 0.3) is 0 Å². The van der Waals surface area contributed by atoms with E-state index in [-0.39, 0.29) is 12.1 Å². The molecule has 1 aromatic carbocycles. The zero-order chi connectivity index (χ0) is 18.4. The second-order valence-electron chi connectivity index (χ2n) is 8.39. The highest BCUT2D eigenvalue weighted by molar-refractivity contribution is 5.36. The molecule has 0 heterocycles. The van der Waals surface area contributed by atoms with Gasteiger partial charge in [-0.15, -0.1) is 0 Å². The maximum atomic E-state index is 9.50. The summed E-state index contributed by atoms with van der Waals surface area (Å²) in [4.78, 5) is 0. The van der Waals surface area contributed by atoms with Crippen LogP contribution >= 0.6 is 0 Å². The Morgan fingerprint density at radius 3 is 2.92 bits per heavy atom. The Hall–Kier alpha value is -1.16. The summed E-state index contributed by atoms with van der Waals surface area (Å²) in [6, 6.07) is 7.03. The van der Waals surface area contributed by atoms with Crippen LogP contribution in [0.1, 0.15) is 68.1 Å². The van der Waals surface area contributed by atoms with Crippen LogP contribution in [0.15, 0.2) is 30.4 Å². The third-order valence-electron chi connectivity index (χ3n) is 6.18. The van der Waals surface area contributed by atoms with Gasteiger partial charge in [0.2, 0.25) is 0 Å². The van der Waals surface area contributed by atoms with Gasteiger partial charge >= 0.3 is 0 Å². The van der Waals surface area contributed by atoms with Gasteiger partial charge in [-0.3, -0.25) is 0 Å². The fourth-order valence-electron chi connectivity index (χ4n) is 4.49. The van der Waals surface area contributed by atoms with Crippen LogP contribution in [-0.2, 0) is 17.6 Å². The molecule has 2 aliphatic carbocycles. The summed E-state index contributed by atoms with van der Waals surface area (Å²) in [5, 5.41) is 9.50. The van der Waals surface area contributed by atoms with E-state index in [4.69, 9.17) is 10.5 Å². The average Bonchev–Trinajstić information content (AvgIpc) is 3.07. The molecular weight excluding hydrogens is 322 g/mol. The Kier molecular flexibility index (Phi) is 6.91. The van der Waals surface area contributed by atoms with E-state index in [9.17, 15) is 5.11 Å². The van der Waals surface area contributed by atoms with E-state index in [1.807, 2.05) is 0 Å². The van der Waals surface area contributed by atoms with Crippen LogP contribution in [0.2, 0.25) is 0 Å². The van der Waals surface area contributed by atoms with Gasteiger partial charge in [0.15, 0.2) is 0 Å². The summed E-state index contributed by atoms with van der Waals surface area (Å²) in [5.41, 5.74) is 10.3. The van der Waals surface area contributed by atoms with Gasteiger partial charge in [-0.2, -0.15) is 0 Å². The molecule has 0 amide bonds. The minimum absolute atomic E-state index is 0.101. The number of hydrogen-bond donors (Lipinski definition) is 2. The summed E-state index contributed by atoms with van der Waals surface area (Å²) in [7, 11) is 0. The number of nitrogens with two attached hydrogens (primary N) is 1. The summed E-state index contributed by atoms with van der Waals surface area (Å²) >= 11 is 0. The molecule has 0 aromatic heterocycles. The molecule has 3 atom stereocenters. The molecular formula is C23H35NO2. The van der Waals surface area contributed by atoms with Crippen molar-refractivity contribution < 1.29 is 9.84 Å². The molecule has 3 N–H and O–H groups in total. The van der Waals surface area contributed by atoms with Crippen LogP contribution in [0, 0.1) is 5.92 Å². The predicted octanol–water partition coefficient (Wildman–Crippen LogP) is 4.12. The monoisotopic (exact) mass is 357 g/mol. The molecule has 1 saturated carbocycles. The van der Waals surface area contributed by atoms with Gasteiger partial charge in [0.1, 0.15) is 0 Å². The third-order valence-corrected chi connectivity index (χ3v) is 6.18. The van der Waals surface area contributed by atoms with E-state index >= 15 is 0 Å². The molecule has 3 rings (SSSR count). The Morgan fingerprint density at radius 1 is 1.27 bits per heavy atom. The van der Waals surface area contributed by atoms with Crippen molar-refractivity contribution in [2.75, 3.05) is 19.8 Å². The smallest absolute Gasteiger partial charge is 0.0647 e. The Morgan fingerprint density at radius 2 is 2.15 bits per heavy atom. The van der Waals surface area contributed by atoms with Gasteiger partial charge < -0.3 is 15.6 Å². The lowest BCUT2D eigenvalue weighted by Crippen LogP contribution is -2.40. The number of allylic oxidation sites excluding steroid dienone is 1. The molecule has 3 nitrogen and oxygen atoms in total. The van der Waals surface area contributed by atoms with Crippen molar-refractivity contribution in [2.45, 2.75) is 69.7 Å². The van der Waals surface area contributed by atoms with Crippen LogP contribution in [0.3, 0.4) is 0 Å². The lowest BCUT2D eigenvalue weighted by atomic mass is 9.82. The van der Waals surface area contributed by atoms with Gasteiger partial charge in [0.05, 0.1) is 19.8 Å². The van der Waals surface area contributed by atoms with Gasteiger partial charge in [0, 0.05) is 5.54 Å². The SMILES string of the molecule is CCC/C=C/COCC1CCc2cc([C@H]3CC[C@](N)(CO)C3)ccc2C1. The summed E-state index contributed by atoms with van der Waals surface area (Å²) in [6.07, 6.45) is 13.2. The van der Waals surface area contributed by atoms with E-state index < -0.39 is 0 Å². The molecule has 0 radical (unpaired) electrons. The van der Waals surface area contributed by atoms with Crippen LogP contribution < -0.4 is 5.73 Å². The van der Waals surface area contributed by atoms with Crippen molar-refractivity contribution >= 4 is 0 Å². The van der Waals surface area contributed by atoms with E-state index in [1.54, 1.807) is 0 Å². The standard InChI is InChI=1S/C23H35NO2/c1-2-3-4-5-12-26-16-18-6-7-20-14-21(9-8-19(20)13-18)22-10-11-23(24,15-22)17-25/h4-5,8-9,14,18,22,25H,2-3,6-7,10-13,15-17,24H2,1H3/b5-4+/t18?,22-,23+/m0/s1. The average molecular weight is 358 g/mol. The van der Waals surface area contributed by atoms with Crippen LogP contribution in [0.5, 0.6) is 0 Å². The van der Waals surface area contributed by atoms with Crippen molar-refractivity contribution in [1.82, 2.24) is 0 Å². The number of unbranched alkanes of at least 4 members (excludes halogenated alkanes) is 1. The zero-order valence-electron chi connectivity index (χ0n) is 16.3. The molecule has 1 unspecified atom stereocenters. The summed E-state index contributed by atoms with van der Waals surface area (Å²) in [5.74, 6) is 1.15. The molecule has 3 heteroatoms. The number of hydrogen-bond acceptors (Lipinski definition) is 3. The first kappa shape index (κ1) is 19.6. The molecule has 0 aliphatic heterocycles. The molecule has 0 saturated heterocycles. The van der Waals surface area contributed by atoms with Crippen molar-refractivity contribution in [3.8, 4) is 0 Å². The van der Waals surface area contributed by atoms with Crippen molar-refractivity contribution in [2.24, 2.45) is 11.7 Å². The maximum Gasteiger partial charge on any atom is 0.0647 e. The quantitative estimate of drug-likeness (QED) is 0.543. The number of ether oxygens (including phenoxy) is 1. The fourth-order valence-corrected chi connectivity index (χ4v) is 4.49. The topological polar surface area (TPSA) is 55.5 Å². The van der Waals surface area contributed by atoms with Crippen molar-refractivity contribution in [3.63, 3.8) is 0 Å². The molecule has 0 bridgehead atoms. The lowest BCUT2D eigenvalue weighted by molar-refractivity contribution is 0.116. The maximum absolute atomic E-state index is 9.50.